The molecule has 0 bridgehead atoms. The molecule has 0 amide bonds. The molecule has 0 unspecified atom stereocenters. The molecule has 3 nitrogen and oxygen atoms in total. The molecule has 1 saturated heterocycles. The van der Waals surface area contributed by atoms with Crippen molar-refractivity contribution in [2.75, 3.05) is 20.1 Å². The SMILES string of the molecule is CN1CCC(Cc2ncc(CN)s2)CC1. The van der Waals surface area contributed by atoms with Gasteiger partial charge in [0.05, 0.1) is 5.01 Å². The van der Waals surface area contributed by atoms with Crippen LogP contribution in [-0.4, -0.2) is 30.0 Å². The lowest BCUT2D eigenvalue weighted by atomic mass is 9.94. The molecule has 0 aromatic carbocycles. The average Bonchev–Trinajstić information content (AvgIpc) is 2.69. The van der Waals surface area contributed by atoms with Gasteiger partial charge in [-0.05, 0) is 38.9 Å². The summed E-state index contributed by atoms with van der Waals surface area (Å²) in [6.07, 6.45) is 5.70. The zero-order valence-electron chi connectivity index (χ0n) is 9.28. The molecule has 4 heteroatoms. The summed E-state index contributed by atoms with van der Waals surface area (Å²) in [6, 6.07) is 0. The van der Waals surface area contributed by atoms with E-state index < -0.39 is 0 Å². The van der Waals surface area contributed by atoms with Gasteiger partial charge in [0, 0.05) is 24.0 Å². The van der Waals surface area contributed by atoms with Crippen molar-refractivity contribution in [2.24, 2.45) is 11.7 Å². The number of nitrogens with two attached hydrogens (primary N) is 1. The molecule has 0 aliphatic carbocycles. The highest BCUT2D eigenvalue weighted by atomic mass is 32.1. The zero-order chi connectivity index (χ0) is 10.7. The molecule has 84 valence electrons. The second-order valence-corrected chi connectivity index (χ2v) is 5.57. The lowest BCUT2D eigenvalue weighted by Gasteiger charge is -2.28. The number of piperidine rings is 1. The summed E-state index contributed by atoms with van der Waals surface area (Å²) in [5.41, 5.74) is 5.58. The number of nitrogens with zero attached hydrogens (tertiary/aromatic N) is 2. The summed E-state index contributed by atoms with van der Waals surface area (Å²) in [5, 5.41) is 1.27. The summed E-state index contributed by atoms with van der Waals surface area (Å²) in [5.74, 6) is 0.831. The van der Waals surface area contributed by atoms with E-state index in [4.69, 9.17) is 5.73 Å². The van der Waals surface area contributed by atoms with E-state index in [0.29, 0.717) is 6.54 Å². The van der Waals surface area contributed by atoms with Crippen LogP contribution in [0.1, 0.15) is 22.7 Å². The lowest BCUT2D eigenvalue weighted by Crippen LogP contribution is -2.30. The van der Waals surface area contributed by atoms with Gasteiger partial charge in [-0.2, -0.15) is 0 Å². The van der Waals surface area contributed by atoms with Crippen molar-refractivity contribution < 1.29 is 0 Å². The standard InChI is InChI=1S/C11H19N3S/c1-14-4-2-9(3-5-14)6-11-13-8-10(7-12)15-11/h8-9H,2-7,12H2,1H3. The number of thiazole rings is 1. The minimum Gasteiger partial charge on any atom is -0.326 e. The first-order valence-corrected chi connectivity index (χ1v) is 6.41. The first-order chi connectivity index (χ1) is 7.28. The van der Waals surface area contributed by atoms with Crippen LogP contribution in [0.4, 0.5) is 0 Å². The molecule has 1 aromatic rings. The van der Waals surface area contributed by atoms with Gasteiger partial charge in [-0.25, -0.2) is 4.98 Å². The molecule has 1 aliphatic heterocycles. The molecule has 1 aliphatic rings. The van der Waals surface area contributed by atoms with Crippen LogP contribution in [0.15, 0.2) is 6.20 Å². The Hall–Kier alpha value is -0.450. The fraction of sp³-hybridized carbons (Fsp3) is 0.727. The van der Waals surface area contributed by atoms with E-state index in [-0.39, 0.29) is 0 Å². The Morgan fingerprint density at radius 2 is 2.27 bits per heavy atom. The Bertz CT molecular complexity index is 303. The van der Waals surface area contributed by atoms with Gasteiger partial charge < -0.3 is 10.6 Å². The molecule has 15 heavy (non-hydrogen) atoms. The summed E-state index contributed by atoms with van der Waals surface area (Å²) in [6.45, 7) is 3.10. The van der Waals surface area contributed by atoms with E-state index in [1.165, 1.54) is 35.8 Å². The van der Waals surface area contributed by atoms with Gasteiger partial charge in [0.1, 0.15) is 0 Å². The molecule has 1 fully saturated rings. The van der Waals surface area contributed by atoms with Gasteiger partial charge in [-0.15, -0.1) is 11.3 Å². The van der Waals surface area contributed by atoms with E-state index in [1.54, 1.807) is 11.3 Å². The summed E-state index contributed by atoms with van der Waals surface area (Å²) >= 11 is 1.78. The second kappa shape index (κ2) is 5.05. The maximum Gasteiger partial charge on any atom is 0.0930 e. The van der Waals surface area contributed by atoms with Crippen LogP contribution < -0.4 is 5.73 Å². The van der Waals surface area contributed by atoms with Gasteiger partial charge >= 0.3 is 0 Å². The topological polar surface area (TPSA) is 42.2 Å². The van der Waals surface area contributed by atoms with E-state index >= 15 is 0 Å². The first kappa shape index (κ1) is 11.0. The van der Waals surface area contributed by atoms with E-state index in [2.05, 4.69) is 16.9 Å². The summed E-state index contributed by atoms with van der Waals surface area (Å²) in [7, 11) is 2.20. The van der Waals surface area contributed by atoms with Crippen molar-refractivity contribution in [2.45, 2.75) is 25.8 Å². The Kier molecular flexibility index (Phi) is 3.72. The van der Waals surface area contributed by atoms with Crippen molar-refractivity contribution in [1.29, 1.82) is 0 Å². The van der Waals surface area contributed by atoms with Crippen molar-refractivity contribution >= 4 is 11.3 Å². The van der Waals surface area contributed by atoms with Crippen LogP contribution >= 0.6 is 11.3 Å². The molecule has 0 radical (unpaired) electrons. The highest BCUT2D eigenvalue weighted by Gasteiger charge is 2.18. The van der Waals surface area contributed by atoms with Gasteiger partial charge in [0.2, 0.25) is 0 Å². The molecule has 0 saturated carbocycles. The van der Waals surface area contributed by atoms with Gasteiger partial charge in [0.25, 0.3) is 0 Å². The van der Waals surface area contributed by atoms with Gasteiger partial charge in [-0.1, -0.05) is 0 Å². The Morgan fingerprint density at radius 1 is 1.53 bits per heavy atom. The fourth-order valence-electron chi connectivity index (χ4n) is 2.05. The van der Waals surface area contributed by atoms with Crippen LogP contribution in [0.5, 0.6) is 0 Å². The minimum atomic E-state index is 0.630. The molecule has 1 aromatic heterocycles. The fourth-order valence-corrected chi connectivity index (χ4v) is 2.97. The predicted octanol–water partition coefficient (Wildman–Crippen LogP) is 1.49. The molecule has 0 spiro atoms. The zero-order valence-corrected chi connectivity index (χ0v) is 10.1. The number of likely N-dealkylation sites (tertiary alicyclic amines) is 1. The molecular formula is C11H19N3S. The Morgan fingerprint density at radius 3 is 2.87 bits per heavy atom. The molecule has 2 heterocycles. The molecular weight excluding hydrogens is 206 g/mol. The third kappa shape index (κ3) is 3.00. The van der Waals surface area contributed by atoms with Crippen LogP contribution in [0, 0.1) is 5.92 Å². The molecule has 0 atom stereocenters. The largest absolute Gasteiger partial charge is 0.326 e. The van der Waals surface area contributed by atoms with Crippen molar-refractivity contribution in [3.63, 3.8) is 0 Å². The Labute approximate surface area is 95.3 Å². The van der Waals surface area contributed by atoms with Crippen LogP contribution in [-0.2, 0) is 13.0 Å². The third-order valence-electron chi connectivity index (χ3n) is 3.10. The molecule has 2 N–H and O–H groups in total. The summed E-state index contributed by atoms with van der Waals surface area (Å²) < 4.78 is 0. The summed E-state index contributed by atoms with van der Waals surface area (Å²) in [4.78, 5) is 8.04. The Balaban J connectivity index is 1.86. The number of hydrogen-bond acceptors (Lipinski definition) is 4. The van der Waals surface area contributed by atoms with E-state index in [0.717, 1.165) is 12.3 Å². The second-order valence-electron chi connectivity index (χ2n) is 4.38. The van der Waals surface area contributed by atoms with Crippen molar-refractivity contribution in [1.82, 2.24) is 9.88 Å². The normalized spacial score (nSPS) is 19.6. The van der Waals surface area contributed by atoms with Crippen molar-refractivity contribution in [3.05, 3.63) is 16.1 Å². The third-order valence-corrected chi connectivity index (χ3v) is 4.15. The number of rotatable bonds is 3. The van der Waals surface area contributed by atoms with Gasteiger partial charge in [0.15, 0.2) is 0 Å². The van der Waals surface area contributed by atoms with Crippen molar-refractivity contribution in [3.8, 4) is 0 Å². The number of aromatic nitrogens is 1. The quantitative estimate of drug-likeness (QED) is 0.847. The van der Waals surface area contributed by atoms with Crippen LogP contribution in [0.25, 0.3) is 0 Å². The highest BCUT2D eigenvalue weighted by molar-refractivity contribution is 7.11. The lowest BCUT2D eigenvalue weighted by molar-refractivity contribution is 0.219. The monoisotopic (exact) mass is 225 g/mol. The maximum atomic E-state index is 5.58. The van der Waals surface area contributed by atoms with E-state index in [9.17, 15) is 0 Å². The minimum absolute atomic E-state index is 0.630. The van der Waals surface area contributed by atoms with Crippen LogP contribution in [0.3, 0.4) is 0 Å². The number of hydrogen-bond donors (Lipinski definition) is 1. The first-order valence-electron chi connectivity index (χ1n) is 5.60. The predicted molar refractivity (Wildman–Crippen MR) is 63.9 cm³/mol. The smallest absolute Gasteiger partial charge is 0.0930 e. The maximum absolute atomic E-state index is 5.58. The highest BCUT2D eigenvalue weighted by Crippen LogP contribution is 2.23. The molecule has 2 rings (SSSR count). The average molecular weight is 225 g/mol. The van der Waals surface area contributed by atoms with E-state index in [1.807, 2.05) is 6.20 Å². The van der Waals surface area contributed by atoms with Gasteiger partial charge in [-0.3, -0.25) is 0 Å². The van der Waals surface area contributed by atoms with Crippen LogP contribution in [0.2, 0.25) is 0 Å².